The van der Waals surface area contributed by atoms with Gasteiger partial charge >= 0.3 is 12.0 Å². The van der Waals surface area contributed by atoms with Crippen molar-refractivity contribution in [2.75, 3.05) is 9.80 Å². The molecular weight excluding hydrogens is 897 g/mol. The molecule has 0 aliphatic heterocycles. The Bertz CT molecular complexity index is 2500. The minimum atomic E-state index is -2.68. The van der Waals surface area contributed by atoms with Crippen LogP contribution < -0.4 is 9.80 Å². The van der Waals surface area contributed by atoms with Crippen LogP contribution in [0.1, 0.15) is 24.0 Å². The van der Waals surface area contributed by atoms with Gasteiger partial charge in [0.2, 0.25) is 0 Å². The summed E-state index contributed by atoms with van der Waals surface area (Å²) in [5.74, 6) is 0. The number of nitrogens with zero attached hydrogens (tertiary/aromatic N) is 2. The van der Waals surface area contributed by atoms with Crippen LogP contribution >= 0.6 is 66.5 Å². The molecule has 302 valence electrons. The van der Waals surface area contributed by atoms with E-state index in [-0.39, 0.29) is 0 Å². The van der Waals surface area contributed by atoms with Crippen LogP contribution in [0.25, 0.3) is 32.7 Å². The van der Waals surface area contributed by atoms with Gasteiger partial charge in [0.1, 0.15) is 0 Å². The smallest absolute Gasteiger partial charge is 0.310 e. The van der Waals surface area contributed by atoms with Crippen molar-refractivity contribution in [2.45, 2.75) is 37.8 Å². The van der Waals surface area contributed by atoms with E-state index in [1.807, 2.05) is 0 Å². The lowest BCUT2D eigenvalue weighted by Gasteiger charge is -2.28. The zero-order valence-electron chi connectivity index (χ0n) is 32.7. The Morgan fingerprint density at radius 2 is 0.633 bits per heavy atom. The molecule has 0 radical (unpaired) electrons. The molecule has 0 N–H and O–H groups in total. The van der Waals surface area contributed by atoms with E-state index in [2.05, 4.69) is 192 Å². The summed E-state index contributed by atoms with van der Waals surface area (Å²) < 4.78 is 0. The highest BCUT2D eigenvalue weighted by atomic mass is 35.8. The van der Waals surface area contributed by atoms with Crippen LogP contribution in [0.15, 0.2) is 182 Å². The van der Waals surface area contributed by atoms with Gasteiger partial charge in [0, 0.05) is 33.5 Å². The first-order valence-electron chi connectivity index (χ1n) is 20.1. The number of rotatable bonds is 15. The summed E-state index contributed by atoms with van der Waals surface area (Å²) in [5, 5.41) is 4.78. The Morgan fingerprint density at radius 1 is 0.317 bits per heavy atom. The number of fused-ring (bicyclic) bond motifs is 2. The van der Waals surface area contributed by atoms with Gasteiger partial charge in [-0.25, -0.2) is 0 Å². The second-order valence-electron chi connectivity index (χ2n) is 15.0. The third-order valence-electron chi connectivity index (χ3n) is 10.9. The lowest BCUT2D eigenvalue weighted by atomic mass is 9.98. The van der Waals surface area contributed by atoms with Crippen LogP contribution in [-0.2, 0) is 12.8 Å². The van der Waals surface area contributed by atoms with Crippen LogP contribution in [0.5, 0.6) is 0 Å². The van der Waals surface area contributed by atoms with E-state index >= 15 is 0 Å². The number of hydrogen-bond donors (Lipinski definition) is 0. The first-order chi connectivity index (χ1) is 29.0. The SMILES string of the molecule is Cl[Si](Cl)(Cl)CCCc1ccc(N(c2ccccc2)c2ccc(-c3ccc(N(c4ccccc4)c4ccc(CCC[Si](Cl)(Cl)Cl)c5ccccc45)cc3)cc2)c2ccccc12. The van der Waals surface area contributed by atoms with E-state index in [4.69, 9.17) is 66.5 Å². The van der Waals surface area contributed by atoms with Gasteiger partial charge in [-0.3, -0.25) is 0 Å². The fraction of sp³-hybridized carbons (Fsp3) is 0.120. The topological polar surface area (TPSA) is 6.48 Å². The van der Waals surface area contributed by atoms with Crippen molar-refractivity contribution >= 4 is 134 Å². The lowest BCUT2D eigenvalue weighted by molar-refractivity contribution is 0.922. The Hall–Kier alpha value is -3.95. The van der Waals surface area contributed by atoms with Crippen LogP contribution in [0.2, 0.25) is 12.1 Å². The lowest BCUT2D eigenvalue weighted by Crippen LogP contribution is -2.11. The second-order valence-corrected chi connectivity index (χ2v) is 33.5. The van der Waals surface area contributed by atoms with Crippen molar-refractivity contribution < 1.29 is 0 Å². The monoisotopic (exact) mass is 936 g/mol. The van der Waals surface area contributed by atoms with Gasteiger partial charge in [0.15, 0.2) is 0 Å². The van der Waals surface area contributed by atoms with Gasteiger partial charge in [-0.15, -0.1) is 66.5 Å². The molecule has 0 aliphatic carbocycles. The molecule has 8 aromatic rings. The summed E-state index contributed by atoms with van der Waals surface area (Å²) in [5.41, 5.74) is 11.3. The highest BCUT2D eigenvalue weighted by Gasteiger charge is 2.25. The molecule has 0 saturated heterocycles. The third-order valence-corrected chi connectivity index (χ3v) is 16.1. The minimum Gasteiger partial charge on any atom is -0.310 e. The Labute approximate surface area is 383 Å². The van der Waals surface area contributed by atoms with Crippen LogP contribution in [0.4, 0.5) is 34.1 Å². The van der Waals surface area contributed by atoms with Crippen molar-refractivity contribution in [1.29, 1.82) is 0 Å². The maximum atomic E-state index is 6.23. The molecule has 0 atom stereocenters. The molecule has 8 rings (SSSR count). The van der Waals surface area contributed by atoms with Gasteiger partial charge < -0.3 is 9.80 Å². The maximum absolute atomic E-state index is 6.23. The Kier molecular flexibility index (Phi) is 13.5. The molecule has 0 saturated carbocycles. The molecule has 0 bridgehead atoms. The van der Waals surface area contributed by atoms with E-state index in [1.54, 1.807) is 0 Å². The first kappa shape index (κ1) is 42.7. The van der Waals surface area contributed by atoms with Crippen molar-refractivity contribution in [3.05, 3.63) is 193 Å². The molecule has 0 amide bonds. The largest absolute Gasteiger partial charge is 0.341 e. The Morgan fingerprint density at radius 3 is 0.983 bits per heavy atom. The third kappa shape index (κ3) is 10.2. The quantitative estimate of drug-likeness (QED) is 0.0746. The maximum Gasteiger partial charge on any atom is 0.341 e. The van der Waals surface area contributed by atoms with Crippen molar-refractivity contribution in [3.8, 4) is 11.1 Å². The number of halogens is 6. The summed E-state index contributed by atoms with van der Waals surface area (Å²) in [7, 11) is 0. The fourth-order valence-corrected chi connectivity index (χ4v) is 11.7. The van der Waals surface area contributed by atoms with Crippen molar-refractivity contribution in [1.82, 2.24) is 0 Å². The molecule has 10 heteroatoms. The average molecular weight is 940 g/mol. The fourth-order valence-electron chi connectivity index (χ4n) is 8.09. The number of aryl methyl sites for hydroxylation is 2. The first-order valence-corrected chi connectivity index (χ1v) is 30.6. The van der Waals surface area contributed by atoms with E-state index in [0.29, 0.717) is 12.1 Å². The highest BCUT2D eigenvalue weighted by molar-refractivity contribution is 7.65. The molecule has 2 nitrogen and oxygen atoms in total. The van der Waals surface area contributed by atoms with Gasteiger partial charge in [-0.1, -0.05) is 121 Å². The molecule has 8 aromatic carbocycles. The van der Waals surface area contributed by atoms with Crippen LogP contribution in [0.3, 0.4) is 0 Å². The number of benzene rings is 8. The summed E-state index contributed by atoms with van der Waals surface area (Å²) >= 11 is 37.4. The van der Waals surface area contributed by atoms with Crippen molar-refractivity contribution in [3.63, 3.8) is 0 Å². The van der Waals surface area contributed by atoms with Crippen molar-refractivity contribution in [2.24, 2.45) is 0 Å². The van der Waals surface area contributed by atoms with Gasteiger partial charge in [-0.05, 0) is 131 Å². The van der Waals surface area contributed by atoms with E-state index in [0.717, 1.165) is 70.9 Å². The molecule has 0 aromatic heterocycles. The normalized spacial score (nSPS) is 11.9. The van der Waals surface area contributed by atoms with E-state index < -0.39 is 12.0 Å². The van der Waals surface area contributed by atoms with Gasteiger partial charge in [-0.2, -0.15) is 0 Å². The number of para-hydroxylation sites is 2. The average Bonchev–Trinajstić information content (AvgIpc) is 3.25. The molecule has 0 heterocycles. The van der Waals surface area contributed by atoms with Gasteiger partial charge in [0.05, 0.1) is 11.4 Å². The van der Waals surface area contributed by atoms with E-state index in [1.165, 1.54) is 32.7 Å². The Balaban J connectivity index is 1.11. The predicted molar refractivity (Wildman–Crippen MR) is 269 cm³/mol. The summed E-state index contributed by atoms with van der Waals surface area (Å²) in [6.45, 7) is 0. The summed E-state index contributed by atoms with van der Waals surface area (Å²) in [6, 6.07) is 60.8. The second kappa shape index (κ2) is 19.0. The standard InChI is InChI=1S/C50H42Cl6N2Si2/c51-59(52,53)35-11-13-39-27-33-49(47-21-9-7-19-45(39)47)57(41-15-3-1-4-16-41)43-29-23-37(24-30-43)38-25-31-44(32-26-38)58(42-17-5-2-6-18-42)50-34-28-40(14-12-36-60(54,55)56)46-20-8-10-22-48(46)50/h1-10,15-34H,11-14,35-36H2. The van der Waals surface area contributed by atoms with Crippen LogP contribution in [-0.4, -0.2) is 12.0 Å². The summed E-state index contributed by atoms with van der Waals surface area (Å²) in [4.78, 5) is 4.67. The van der Waals surface area contributed by atoms with Gasteiger partial charge in [0.25, 0.3) is 0 Å². The molecular formula is C50H42Cl6N2Si2. The van der Waals surface area contributed by atoms with Crippen LogP contribution in [0, 0.1) is 0 Å². The molecule has 0 spiro atoms. The minimum absolute atomic E-state index is 0.638. The predicted octanol–water partition coefficient (Wildman–Crippen LogP) is 17.8. The zero-order chi connectivity index (χ0) is 41.7. The highest BCUT2D eigenvalue weighted by Crippen LogP contribution is 2.43. The zero-order valence-corrected chi connectivity index (χ0v) is 39.3. The number of anilines is 6. The molecule has 60 heavy (non-hydrogen) atoms. The number of hydrogen-bond acceptors (Lipinski definition) is 2. The molecule has 0 fully saturated rings. The summed E-state index contributed by atoms with van der Waals surface area (Å²) in [6.07, 6.45) is 3.39. The van der Waals surface area contributed by atoms with E-state index in [9.17, 15) is 0 Å². The molecule has 0 aliphatic rings. The molecule has 0 unspecified atom stereocenters.